The predicted octanol–water partition coefficient (Wildman–Crippen LogP) is 1.97. The monoisotopic (exact) mass is 278 g/mol. The molecule has 0 fully saturated rings. The molecule has 1 amide bonds. The van der Waals surface area contributed by atoms with Crippen LogP contribution in [0, 0.1) is 5.92 Å². The van der Waals surface area contributed by atoms with E-state index in [1.807, 2.05) is 6.92 Å². The zero-order valence-corrected chi connectivity index (χ0v) is 12.1. The molecule has 1 aromatic carbocycles. The molecule has 0 saturated carbocycles. The molecule has 5 heteroatoms. The molecule has 0 aliphatic heterocycles. The molecule has 110 valence electrons. The maximum Gasteiger partial charge on any atom is 0.313 e. The van der Waals surface area contributed by atoms with Gasteiger partial charge >= 0.3 is 5.97 Å². The number of hydrogen-bond donors (Lipinski definition) is 3. The Morgan fingerprint density at radius 3 is 2.25 bits per heavy atom. The van der Waals surface area contributed by atoms with Crippen molar-refractivity contribution in [1.29, 1.82) is 0 Å². The van der Waals surface area contributed by atoms with E-state index in [1.54, 1.807) is 38.1 Å². The van der Waals surface area contributed by atoms with Crippen LogP contribution in [0.4, 0.5) is 5.69 Å². The average Bonchev–Trinajstić information content (AvgIpc) is 2.40. The van der Waals surface area contributed by atoms with Crippen LogP contribution in [0.1, 0.15) is 32.8 Å². The summed E-state index contributed by atoms with van der Waals surface area (Å²) in [5, 5.41) is 11.9. The molecule has 1 atom stereocenters. The van der Waals surface area contributed by atoms with Crippen LogP contribution >= 0.6 is 0 Å². The van der Waals surface area contributed by atoms with E-state index in [1.165, 1.54) is 0 Å². The molecule has 4 N–H and O–H groups in total. The first-order valence-electron chi connectivity index (χ1n) is 6.67. The summed E-state index contributed by atoms with van der Waals surface area (Å²) in [6.45, 7) is 5.51. The number of anilines is 1. The van der Waals surface area contributed by atoms with Gasteiger partial charge in [0, 0.05) is 12.2 Å². The minimum absolute atomic E-state index is 0.111. The van der Waals surface area contributed by atoms with Crippen LogP contribution in [0.15, 0.2) is 24.3 Å². The molecule has 0 bridgehead atoms. The second-order valence-electron chi connectivity index (χ2n) is 5.34. The Kier molecular flexibility index (Phi) is 5.27. The molecular formula is C15H22N2O3. The number of nitrogens with two attached hydrogens (primary N) is 1. The van der Waals surface area contributed by atoms with Crippen molar-refractivity contribution in [3.05, 3.63) is 29.8 Å². The largest absolute Gasteiger partial charge is 0.481 e. The van der Waals surface area contributed by atoms with Crippen molar-refractivity contribution < 1.29 is 14.7 Å². The summed E-state index contributed by atoms with van der Waals surface area (Å²) in [6, 6.07) is 6.85. The maximum absolute atomic E-state index is 11.9. The molecule has 0 aromatic heterocycles. The van der Waals surface area contributed by atoms with Crippen molar-refractivity contribution in [1.82, 2.24) is 0 Å². The third-order valence-electron chi connectivity index (χ3n) is 3.56. The van der Waals surface area contributed by atoms with Gasteiger partial charge in [-0.05, 0) is 38.0 Å². The molecule has 1 rings (SSSR count). The Hall–Kier alpha value is -1.88. The molecule has 0 aliphatic carbocycles. The number of carbonyl (C=O) groups is 2. The van der Waals surface area contributed by atoms with Crippen LogP contribution in [0.3, 0.4) is 0 Å². The van der Waals surface area contributed by atoms with Gasteiger partial charge in [-0.25, -0.2) is 0 Å². The average molecular weight is 278 g/mol. The van der Waals surface area contributed by atoms with E-state index in [9.17, 15) is 9.59 Å². The predicted molar refractivity (Wildman–Crippen MR) is 78.6 cm³/mol. The SMILES string of the molecule is CCC(CN)C(=O)Nc1ccc(C(C)(C)C(=O)O)cc1. The number of aliphatic carboxylic acids is 1. The van der Waals surface area contributed by atoms with Crippen LogP contribution in [-0.2, 0) is 15.0 Å². The summed E-state index contributed by atoms with van der Waals surface area (Å²) >= 11 is 0. The number of rotatable bonds is 6. The van der Waals surface area contributed by atoms with E-state index in [-0.39, 0.29) is 11.8 Å². The van der Waals surface area contributed by atoms with Crippen molar-refractivity contribution >= 4 is 17.6 Å². The van der Waals surface area contributed by atoms with Crippen molar-refractivity contribution in [3.8, 4) is 0 Å². The quantitative estimate of drug-likeness (QED) is 0.741. The number of carbonyl (C=O) groups excluding carboxylic acids is 1. The normalized spacial score (nSPS) is 12.8. The zero-order chi connectivity index (χ0) is 15.3. The van der Waals surface area contributed by atoms with Gasteiger partial charge in [-0.15, -0.1) is 0 Å². The molecule has 0 aliphatic rings. The first-order chi connectivity index (χ1) is 9.32. The number of benzene rings is 1. The van der Waals surface area contributed by atoms with Gasteiger partial charge in [0.2, 0.25) is 5.91 Å². The minimum atomic E-state index is -0.953. The van der Waals surface area contributed by atoms with Gasteiger partial charge in [0.25, 0.3) is 0 Å². The van der Waals surface area contributed by atoms with Crippen LogP contribution in [0.5, 0.6) is 0 Å². The summed E-state index contributed by atoms with van der Waals surface area (Å²) < 4.78 is 0. The first-order valence-corrected chi connectivity index (χ1v) is 6.67. The highest BCUT2D eigenvalue weighted by Crippen LogP contribution is 2.25. The third kappa shape index (κ3) is 3.57. The van der Waals surface area contributed by atoms with Crippen LogP contribution in [0.2, 0.25) is 0 Å². The fourth-order valence-electron chi connectivity index (χ4n) is 1.80. The van der Waals surface area contributed by atoms with E-state index >= 15 is 0 Å². The summed E-state index contributed by atoms with van der Waals surface area (Å²) in [5.41, 5.74) is 5.91. The molecule has 0 radical (unpaired) electrons. The van der Waals surface area contributed by atoms with Crippen molar-refractivity contribution in [3.63, 3.8) is 0 Å². The Labute approximate surface area is 119 Å². The molecule has 20 heavy (non-hydrogen) atoms. The Morgan fingerprint density at radius 1 is 1.30 bits per heavy atom. The van der Waals surface area contributed by atoms with E-state index in [2.05, 4.69) is 5.32 Å². The third-order valence-corrected chi connectivity index (χ3v) is 3.56. The lowest BCUT2D eigenvalue weighted by Gasteiger charge is -2.20. The molecule has 1 unspecified atom stereocenters. The number of nitrogens with one attached hydrogen (secondary N) is 1. The van der Waals surface area contributed by atoms with Crippen LogP contribution < -0.4 is 11.1 Å². The highest BCUT2D eigenvalue weighted by molar-refractivity contribution is 5.92. The molecule has 0 heterocycles. The summed E-state index contributed by atoms with van der Waals surface area (Å²) in [5.74, 6) is -1.20. The fourth-order valence-corrected chi connectivity index (χ4v) is 1.80. The molecule has 1 aromatic rings. The summed E-state index contributed by atoms with van der Waals surface area (Å²) in [4.78, 5) is 23.0. The number of amides is 1. The zero-order valence-electron chi connectivity index (χ0n) is 12.1. The smallest absolute Gasteiger partial charge is 0.313 e. The Morgan fingerprint density at radius 2 is 1.85 bits per heavy atom. The van der Waals surface area contributed by atoms with E-state index < -0.39 is 11.4 Å². The Bertz CT molecular complexity index is 476. The Balaban J connectivity index is 2.82. The molecular weight excluding hydrogens is 256 g/mol. The molecule has 0 saturated heterocycles. The van der Waals surface area contributed by atoms with Crippen LogP contribution in [0.25, 0.3) is 0 Å². The molecule has 5 nitrogen and oxygen atoms in total. The van der Waals surface area contributed by atoms with Gasteiger partial charge < -0.3 is 16.2 Å². The minimum Gasteiger partial charge on any atom is -0.481 e. The molecule has 0 spiro atoms. The lowest BCUT2D eigenvalue weighted by Crippen LogP contribution is -2.29. The van der Waals surface area contributed by atoms with Crippen molar-refractivity contribution in [2.24, 2.45) is 11.7 Å². The summed E-state index contributed by atoms with van der Waals surface area (Å²) in [7, 11) is 0. The fraction of sp³-hybridized carbons (Fsp3) is 0.467. The standard InChI is InChI=1S/C15H22N2O3/c1-4-10(9-16)13(18)17-12-7-5-11(6-8-12)15(2,3)14(19)20/h5-8,10H,4,9,16H2,1-3H3,(H,17,18)(H,19,20). The van der Waals surface area contributed by atoms with Crippen LogP contribution in [-0.4, -0.2) is 23.5 Å². The number of carboxylic acid groups (broad SMARTS) is 1. The maximum atomic E-state index is 11.9. The van der Waals surface area contributed by atoms with E-state index in [0.717, 1.165) is 0 Å². The van der Waals surface area contributed by atoms with Gasteiger partial charge in [0.1, 0.15) is 0 Å². The first kappa shape index (κ1) is 16.2. The summed E-state index contributed by atoms with van der Waals surface area (Å²) in [6.07, 6.45) is 0.687. The van der Waals surface area contributed by atoms with E-state index in [0.29, 0.717) is 24.2 Å². The van der Waals surface area contributed by atoms with Gasteiger partial charge in [0.15, 0.2) is 0 Å². The lowest BCUT2D eigenvalue weighted by molar-refractivity contribution is -0.142. The number of carboxylic acids is 1. The highest BCUT2D eigenvalue weighted by atomic mass is 16.4. The second kappa shape index (κ2) is 6.52. The van der Waals surface area contributed by atoms with Gasteiger partial charge in [0.05, 0.1) is 11.3 Å². The second-order valence-corrected chi connectivity index (χ2v) is 5.34. The lowest BCUT2D eigenvalue weighted by atomic mass is 9.85. The van der Waals surface area contributed by atoms with Gasteiger partial charge in [-0.1, -0.05) is 19.1 Å². The highest BCUT2D eigenvalue weighted by Gasteiger charge is 2.29. The van der Waals surface area contributed by atoms with Gasteiger partial charge in [-0.3, -0.25) is 9.59 Å². The van der Waals surface area contributed by atoms with Gasteiger partial charge in [-0.2, -0.15) is 0 Å². The topological polar surface area (TPSA) is 92.4 Å². The van der Waals surface area contributed by atoms with Crippen molar-refractivity contribution in [2.45, 2.75) is 32.6 Å². The van der Waals surface area contributed by atoms with E-state index in [4.69, 9.17) is 10.8 Å². The number of hydrogen-bond acceptors (Lipinski definition) is 3. The van der Waals surface area contributed by atoms with Crippen molar-refractivity contribution in [2.75, 3.05) is 11.9 Å².